The highest BCUT2D eigenvalue weighted by molar-refractivity contribution is 5.97. The Labute approximate surface area is 131 Å². The van der Waals surface area contributed by atoms with Gasteiger partial charge in [0.2, 0.25) is 0 Å². The Morgan fingerprint density at radius 3 is 2.96 bits per heavy atom. The number of nitrogens with zero attached hydrogens (tertiary/aromatic N) is 1. The van der Waals surface area contributed by atoms with E-state index in [9.17, 15) is 18.0 Å². The lowest BCUT2D eigenvalue weighted by atomic mass is 10.1. The molecular formula is C16H18F3N3O. The lowest BCUT2D eigenvalue weighted by Gasteiger charge is -2.18. The zero-order valence-corrected chi connectivity index (χ0v) is 12.5. The van der Waals surface area contributed by atoms with Gasteiger partial charge in [-0.3, -0.25) is 9.69 Å². The van der Waals surface area contributed by atoms with Gasteiger partial charge in [-0.25, -0.2) is 0 Å². The third-order valence-corrected chi connectivity index (χ3v) is 4.14. The highest BCUT2D eigenvalue weighted by Crippen LogP contribution is 2.22. The third-order valence-electron chi connectivity index (χ3n) is 4.14. The number of fused-ring (bicyclic) bond motifs is 1. The summed E-state index contributed by atoms with van der Waals surface area (Å²) in [4.78, 5) is 16.6. The molecule has 0 aliphatic carbocycles. The van der Waals surface area contributed by atoms with Crippen molar-refractivity contribution in [3.05, 3.63) is 36.0 Å². The van der Waals surface area contributed by atoms with Crippen LogP contribution < -0.4 is 5.32 Å². The van der Waals surface area contributed by atoms with E-state index in [1.807, 2.05) is 12.1 Å². The predicted molar refractivity (Wildman–Crippen MR) is 81.2 cm³/mol. The summed E-state index contributed by atoms with van der Waals surface area (Å²) in [6, 6.07) is 7.30. The first-order valence-corrected chi connectivity index (χ1v) is 7.55. The van der Waals surface area contributed by atoms with E-state index in [0.717, 1.165) is 10.9 Å². The standard InChI is InChI=1S/C16H18F3N3O/c17-16(18,19)10-22-6-4-11(9-22)8-21-15(23)13-2-1-12-3-5-20-14(12)7-13/h1-3,5,7,11,20H,4,6,8-10H2,(H,21,23). The Kier molecular flexibility index (Phi) is 4.30. The number of nitrogens with one attached hydrogen (secondary N) is 2. The van der Waals surface area contributed by atoms with Gasteiger partial charge in [0.25, 0.3) is 5.91 Å². The van der Waals surface area contributed by atoms with Crippen LogP contribution in [0.25, 0.3) is 10.9 Å². The zero-order valence-electron chi connectivity index (χ0n) is 12.5. The maximum Gasteiger partial charge on any atom is 0.401 e. The minimum absolute atomic E-state index is 0.0653. The Morgan fingerprint density at radius 1 is 1.35 bits per heavy atom. The molecule has 0 radical (unpaired) electrons. The first-order valence-electron chi connectivity index (χ1n) is 7.55. The summed E-state index contributed by atoms with van der Waals surface area (Å²) in [7, 11) is 0. The molecule has 0 bridgehead atoms. The van der Waals surface area contributed by atoms with Crippen molar-refractivity contribution in [2.24, 2.45) is 5.92 Å². The summed E-state index contributed by atoms with van der Waals surface area (Å²) in [5.74, 6) is -0.133. The molecule has 0 spiro atoms. The van der Waals surface area contributed by atoms with Gasteiger partial charge in [-0.1, -0.05) is 6.07 Å². The summed E-state index contributed by atoms with van der Waals surface area (Å²) in [6.45, 7) is 0.320. The SMILES string of the molecule is O=C(NCC1CCN(CC(F)(F)F)C1)c1ccc2cc[nH]c2c1. The van der Waals surface area contributed by atoms with E-state index in [-0.39, 0.29) is 11.8 Å². The molecule has 1 aliphatic rings. The fourth-order valence-corrected chi connectivity index (χ4v) is 3.00. The van der Waals surface area contributed by atoms with Crippen LogP contribution in [0.2, 0.25) is 0 Å². The number of rotatable bonds is 4. The molecule has 1 aliphatic heterocycles. The highest BCUT2D eigenvalue weighted by Gasteiger charge is 2.34. The van der Waals surface area contributed by atoms with Gasteiger partial charge in [0.1, 0.15) is 0 Å². The molecule has 1 saturated heterocycles. The zero-order chi connectivity index (χ0) is 16.4. The van der Waals surface area contributed by atoms with Crippen molar-refractivity contribution < 1.29 is 18.0 Å². The van der Waals surface area contributed by atoms with Gasteiger partial charge < -0.3 is 10.3 Å². The van der Waals surface area contributed by atoms with Crippen LogP contribution in [0.5, 0.6) is 0 Å². The van der Waals surface area contributed by atoms with Crippen molar-refractivity contribution in [3.63, 3.8) is 0 Å². The summed E-state index contributed by atoms with van der Waals surface area (Å²) >= 11 is 0. The molecule has 1 fully saturated rings. The molecule has 23 heavy (non-hydrogen) atoms. The molecule has 7 heteroatoms. The topological polar surface area (TPSA) is 48.1 Å². The first-order chi connectivity index (χ1) is 10.9. The Balaban J connectivity index is 1.51. The predicted octanol–water partition coefficient (Wildman–Crippen LogP) is 2.78. The molecule has 1 aromatic carbocycles. The van der Waals surface area contributed by atoms with E-state index >= 15 is 0 Å². The smallest absolute Gasteiger partial charge is 0.361 e. The molecule has 2 N–H and O–H groups in total. The van der Waals surface area contributed by atoms with Crippen molar-refractivity contribution >= 4 is 16.8 Å². The number of likely N-dealkylation sites (tertiary alicyclic amines) is 1. The van der Waals surface area contributed by atoms with E-state index in [4.69, 9.17) is 0 Å². The molecule has 3 rings (SSSR count). The van der Waals surface area contributed by atoms with Crippen LogP contribution in [0.15, 0.2) is 30.5 Å². The van der Waals surface area contributed by atoms with E-state index in [2.05, 4.69) is 10.3 Å². The average molecular weight is 325 g/mol. The summed E-state index contributed by atoms with van der Waals surface area (Å²) in [5, 5.41) is 3.85. The largest absolute Gasteiger partial charge is 0.401 e. The molecular weight excluding hydrogens is 307 g/mol. The number of benzene rings is 1. The second-order valence-electron chi connectivity index (χ2n) is 5.99. The number of alkyl halides is 3. The van der Waals surface area contributed by atoms with Crippen molar-refractivity contribution in [2.45, 2.75) is 12.6 Å². The molecule has 4 nitrogen and oxygen atoms in total. The quantitative estimate of drug-likeness (QED) is 0.908. The van der Waals surface area contributed by atoms with Crippen molar-refractivity contribution in [3.8, 4) is 0 Å². The maximum absolute atomic E-state index is 12.4. The van der Waals surface area contributed by atoms with Crippen LogP contribution >= 0.6 is 0 Å². The van der Waals surface area contributed by atoms with Crippen molar-refractivity contribution in [1.82, 2.24) is 15.2 Å². The second-order valence-corrected chi connectivity index (χ2v) is 5.99. The van der Waals surface area contributed by atoms with Gasteiger partial charge in [-0.2, -0.15) is 13.2 Å². The van der Waals surface area contributed by atoms with Crippen molar-refractivity contribution in [1.29, 1.82) is 0 Å². The molecule has 124 valence electrons. The third kappa shape index (κ3) is 4.04. The lowest BCUT2D eigenvalue weighted by Crippen LogP contribution is -2.34. The Morgan fingerprint density at radius 2 is 2.17 bits per heavy atom. The number of H-pyrrole nitrogens is 1. The molecule has 1 unspecified atom stereocenters. The number of amides is 1. The van der Waals surface area contributed by atoms with Crippen LogP contribution in [-0.4, -0.2) is 48.1 Å². The minimum Gasteiger partial charge on any atom is -0.361 e. The normalized spacial score (nSPS) is 19.3. The van der Waals surface area contributed by atoms with E-state index in [1.165, 1.54) is 4.90 Å². The summed E-state index contributed by atoms with van der Waals surface area (Å²) in [6.07, 6.45) is -1.68. The summed E-state index contributed by atoms with van der Waals surface area (Å²) in [5.41, 5.74) is 1.43. The molecule has 1 atom stereocenters. The minimum atomic E-state index is -4.16. The number of aromatic amines is 1. The molecule has 2 aromatic rings. The molecule has 2 heterocycles. The van der Waals surface area contributed by atoms with Crippen LogP contribution in [0.4, 0.5) is 13.2 Å². The van der Waals surface area contributed by atoms with E-state index < -0.39 is 12.7 Å². The Hall–Kier alpha value is -2.02. The van der Waals surface area contributed by atoms with Gasteiger partial charge in [0.05, 0.1) is 6.54 Å². The van der Waals surface area contributed by atoms with Crippen molar-refractivity contribution in [2.75, 3.05) is 26.2 Å². The number of halogens is 3. The number of carbonyl (C=O) groups excluding carboxylic acids is 1. The monoisotopic (exact) mass is 325 g/mol. The van der Waals surface area contributed by atoms with Crippen LogP contribution in [0, 0.1) is 5.92 Å². The number of aromatic nitrogens is 1. The number of hydrogen-bond acceptors (Lipinski definition) is 2. The maximum atomic E-state index is 12.4. The van der Waals surface area contributed by atoms with Crippen LogP contribution in [0.3, 0.4) is 0 Å². The van der Waals surface area contributed by atoms with E-state index in [1.54, 1.807) is 18.3 Å². The lowest BCUT2D eigenvalue weighted by molar-refractivity contribution is -0.143. The number of carbonyl (C=O) groups is 1. The van der Waals surface area contributed by atoms with E-state index in [0.29, 0.717) is 31.6 Å². The van der Waals surface area contributed by atoms with Crippen LogP contribution in [0.1, 0.15) is 16.8 Å². The van der Waals surface area contributed by atoms with Gasteiger partial charge in [-0.05, 0) is 42.5 Å². The highest BCUT2D eigenvalue weighted by atomic mass is 19.4. The van der Waals surface area contributed by atoms with Gasteiger partial charge >= 0.3 is 6.18 Å². The second kappa shape index (κ2) is 6.23. The molecule has 1 amide bonds. The fraction of sp³-hybridized carbons (Fsp3) is 0.438. The first kappa shape index (κ1) is 15.9. The Bertz CT molecular complexity index is 695. The van der Waals surface area contributed by atoms with Gasteiger partial charge in [0, 0.05) is 30.4 Å². The molecule has 0 saturated carbocycles. The van der Waals surface area contributed by atoms with Crippen LogP contribution in [-0.2, 0) is 0 Å². The average Bonchev–Trinajstić information content (AvgIpc) is 3.11. The molecule has 1 aromatic heterocycles. The summed E-state index contributed by atoms with van der Waals surface area (Å²) < 4.78 is 37.1. The van der Waals surface area contributed by atoms with Gasteiger partial charge in [0.15, 0.2) is 0 Å². The fourth-order valence-electron chi connectivity index (χ4n) is 3.00. The number of hydrogen-bond donors (Lipinski definition) is 2. The van der Waals surface area contributed by atoms with Gasteiger partial charge in [-0.15, -0.1) is 0 Å².